The fraction of sp³-hybridized carbons (Fsp3) is 0.111. The van der Waals surface area contributed by atoms with Crippen LogP contribution >= 0.6 is 0 Å². The zero-order valence-corrected chi connectivity index (χ0v) is 6.86. The molecule has 0 saturated heterocycles. The number of hydrogen-bond donors (Lipinski definition) is 1. The van der Waals surface area contributed by atoms with Crippen molar-refractivity contribution in [1.82, 2.24) is 0 Å². The highest BCUT2D eigenvalue weighted by molar-refractivity contribution is 5.92. The molecule has 4 heteroatoms. The van der Waals surface area contributed by atoms with Crippen LogP contribution in [0.5, 0.6) is 0 Å². The van der Waals surface area contributed by atoms with Crippen molar-refractivity contribution in [2.45, 2.75) is 0 Å². The number of nitrogens with two attached hydrogens (primary N) is 1. The first-order chi connectivity index (χ1) is 6.27. The first-order valence-corrected chi connectivity index (χ1v) is 3.83. The first-order valence-electron chi connectivity index (χ1n) is 3.83. The van der Waals surface area contributed by atoms with E-state index in [0.29, 0.717) is 12.3 Å². The molecule has 1 aliphatic heterocycles. The number of carbonyl (C=O) groups excluding carboxylic acids is 1. The Labute approximate surface area is 74.3 Å². The van der Waals surface area contributed by atoms with Crippen molar-refractivity contribution in [2.75, 3.05) is 6.73 Å². The second-order valence-corrected chi connectivity index (χ2v) is 2.71. The van der Waals surface area contributed by atoms with E-state index in [1.165, 1.54) is 0 Å². The van der Waals surface area contributed by atoms with Gasteiger partial charge in [-0.3, -0.25) is 4.79 Å². The number of hydrogen-bond acceptors (Lipinski definition) is 3. The van der Waals surface area contributed by atoms with Crippen LogP contribution in [0.25, 0.3) is 6.26 Å². The summed E-state index contributed by atoms with van der Waals surface area (Å²) in [6, 6.07) is 5.08. The minimum Gasteiger partial charge on any atom is -0.478 e. The van der Waals surface area contributed by atoms with E-state index in [0.717, 1.165) is 10.6 Å². The van der Waals surface area contributed by atoms with E-state index >= 15 is 0 Å². The molecule has 2 N–H and O–H groups in total. The standard InChI is InChI=1S/C9H8N2O2/c10-9(12)6-1-2-8-7(3-6)4-13-5-11-8/h1-4H,5H2,(H2,10,12). The van der Waals surface area contributed by atoms with E-state index in [4.69, 9.17) is 10.5 Å². The Morgan fingerprint density at radius 1 is 1.54 bits per heavy atom. The molecule has 0 aromatic heterocycles. The molecule has 4 nitrogen and oxygen atoms in total. The van der Waals surface area contributed by atoms with E-state index in [-0.39, 0.29) is 0 Å². The Balaban J connectivity index is 2.67. The highest BCUT2D eigenvalue weighted by Gasteiger charge is 2.01. The molecule has 66 valence electrons. The lowest BCUT2D eigenvalue weighted by Gasteiger charge is -2.02. The van der Waals surface area contributed by atoms with Gasteiger partial charge in [-0.2, -0.15) is 0 Å². The smallest absolute Gasteiger partial charge is 0.248 e. The maximum Gasteiger partial charge on any atom is 0.248 e. The number of primary amides is 1. The van der Waals surface area contributed by atoms with E-state index in [9.17, 15) is 4.79 Å². The molecule has 2 rings (SSSR count). The number of fused-ring (bicyclic) bond motifs is 1. The van der Waals surface area contributed by atoms with E-state index < -0.39 is 5.91 Å². The molecular weight excluding hydrogens is 168 g/mol. The van der Waals surface area contributed by atoms with Gasteiger partial charge in [0, 0.05) is 10.8 Å². The molecule has 0 unspecified atom stereocenters. The summed E-state index contributed by atoms with van der Waals surface area (Å²) in [7, 11) is 0. The van der Waals surface area contributed by atoms with Crippen LogP contribution in [0.1, 0.15) is 10.4 Å². The van der Waals surface area contributed by atoms with Crippen molar-refractivity contribution in [3.8, 4) is 0 Å². The Morgan fingerprint density at radius 2 is 2.38 bits per heavy atom. The number of carbonyl (C=O) groups is 1. The molecule has 0 aliphatic carbocycles. The van der Waals surface area contributed by atoms with Crippen LogP contribution in [-0.4, -0.2) is 12.6 Å². The van der Waals surface area contributed by atoms with E-state index in [2.05, 4.69) is 4.99 Å². The lowest BCUT2D eigenvalue weighted by atomic mass is 10.2. The monoisotopic (exact) mass is 176 g/mol. The molecule has 1 heterocycles. The van der Waals surface area contributed by atoms with Crippen LogP contribution in [0.2, 0.25) is 0 Å². The van der Waals surface area contributed by atoms with Gasteiger partial charge in [0.05, 0.1) is 11.6 Å². The normalized spacial score (nSPS) is 13.2. The summed E-state index contributed by atoms with van der Waals surface area (Å²) in [6.45, 7) is 0.336. The minimum absolute atomic E-state index is 0.336. The first kappa shape index (κ1) is 7.79. The van der Waals surface area contributed by atoms with Gasteiger partial charge in [0.15, 0.2) is 6.73 Å². The molecule has 1 amide bonds. The second-order valence-electron chi connectivity index (χ2n) is 2.71. The Hall–Kier alpha value is -1.84. The summed E-state index contributed by atoms with van der Waals surface area (Å²) in [4.78, 5) is 14.9. The number of amides is 1. The van der Waals surface area contributed by atoms with E-state index in [1.54, 1.807) is 24.5 Å². The zero-order chi connectivity index (χ0) is 9.26. The molecule has 0 saturated carbocycles. The summed E-state index contributed by atoms with van der Waals surface area (Å²) < 4.78 is 4.99. The maximum absolute atomic E-state index is 10.8. The molecule has 1 aromatic carbocycles. The molecule has 0 fully saturated rings. The Kier molecular flexibility index (Phi) is 1.73. The number of ether oxygens (including phenoxy) is 1. The summed E-state index contributed by atoms with van der Waals surface area (Å²) in [6.07, 6.45) is 1.58. The molecule has 13 heavy (non-hydrogen) atoms. The SMILES string of the molecule is NC(=O)c1ccc2c(c1)=COCN=2. The predicted molar refractivity (Wildman–Crippen MR) is 46.2 cm³/mol. The zero-order valence-electron chi connectivity index (χ0n) is 6.86. The highest BCUT2D eigenvalue weighted by atomic mass is 16.5. The molecule has 0 atom stereocenters. The fourth-order valence-corrected chi connectivity index (χ4v) is 1.18. The fourth-order valence-electron chi connectivity index (χ4n) is 1.18. The van der Waals surface area contributed by atoms with Crippen LogP contribution in [0.4, 0.5) is 0 Å². The second kappa shape index (κ2) is 2.90. The molecule has 0 bridgehead atoms. The third-order valence-corrected chi connectivity index (χ3v) is 1.83. The lowest BCUT2D eigenvalue weighted by Crippen LogP contribution is -2.30. The van der Waals surface area contributed by atoms with Gasteiger partial charge in [0.2, 0.25) is 5.91 Å². The number of nitrogens with zero attached hydrogens (tertiary/aromatic N) is 1. The minimum atomic E-state index is -0.443. The van der Waals surface area contributed by atoms with Gasteiger partial charge in [-0.05, 0) is 18.2 Å². The van der Waals surface area contributed by atoms with Crippen molar-refractivity contribution in [1.29, 1.82) is 0 Å². The topological polar surface area (TPSA) is 64.7 Å². The van der Waals surface area contributed by atoms with Gasteiger partial charge in [-0.15, -0.1) is 0 Å². The highest BCUT2D eigenvalue weighted by Crippen LogP contribution is 1.91. The quantitative estimate of drug-likeness (QED) is 0.604. The summed E-state index contributed by atoms with van der Waals surface area (Å²) >= 11 is 0. The van der Waals surface area contributed by atoms with Gasteiger partial charge in [-0.25, -0.2) is 4.99 Å². The van der Waals surface area contributed by atoms with Crippen molar-refractivity contribution >= 4 is 12.2 Å². The van der Waals surface area contributed by atoms with Crippen molar-refractivity contribution in [3.05, 3.63) is 34.3 Å². The van der Waals surface area contributed by atoms with Gasteiger partial charge < -0.3 is 10.5 Å². The average Bonchev–Trinajstić information content (AvgIpc) is 2.17. The van der Waals surface area contributed by atoms with Gasteiger partial charge in [0.1, 0.15) is 0 Å². The lowest BCUT2D eigenvalue weighted by molar-refractivity contribution is 0.1000. The summed E-state index contributed by atoms with van der Waals surface area (Å²) in [5.41, 5.74) is 5.59. The maximum atomic E-state index is 10.8. The Morgan fingerprint density at radius 3 is 3.15 bits per heavy atom. The molecule has 1 aliphatic rings. The van der Waals surface area contributed by atoms with Crippen LogP contribution in [0.3, 0.4) is 0 Å². The molecular formula is C9H8N2O2. The number of rotatable bonds is 1. The third kappa shape index (κ3) is 1.38. The molecule has 1 aromatic rings. The number of benzene rings is 1. The van der Waals surface area contributed by atoms with Crippen molar-refractivity contribution < 1.29 is 9.53 Å². The van der Waals surface area contributed by atoms with Gasteiger partial charge in [0.25, 0.3) is 0 Å². The Bertz CT molecular complexity index is 465. The van der Waals surface area contributed by atoms with Gasteiger partial charge in [-0.1, -0.05) is 0 Å². The summed E-state index contributed by atoms with van der Waals surface area (Å²) in [5.74, 6) is -0.443. The predicted octanol–water partition coefficient (Wildman–Crippen LogP) is -0.869. The van der Waals surface area contributed by atoms with Crippen molar-refractivity contribution in [3.63, 3.8) is 0 Å². The van der Waals surface area contributed by atoms with E-state index in [1.807, 2.05) is 0 Å². The van der Waals surface area contributed by atoms with Crippen molar-refractivity contribution in [2.24, 2.45) is 10.7 Å². The van der Waals surface area contributed by atoms with Crippen LogP contribution in [0.15, 0.2) is 23.2 Å². The average molecular weight is 176 g/mol. The molecule has 0 spiro atoms. The largest absolute Gasteiger partial charge is 0.478 e. The van der Waals surface area contributed by atoms with Crippen LogP contribution < -0.4 is 16.3 Å². The van der Waals surface area contributed by atoms with Crippen LogP contribution in [-0.2, 0) is 4.74 Å². The van der Waals surface area contributed by atoms with Gasteiger partial charge >= 0.3 is 0 Å². The molecule has 0 radical (unpaired) electrons. The van der Waals surface area contributed by atoms with Crippen LogP contribution in [0, 0.1) is 0 Å². The third-order valence-electron chi connectivity index (χ3n) is 1.83. The summed E-state index contributed by atoms with van der Waals surface area (Å²) in [5, 5.41) is 1.62.